The summed E-state index contributed by atoms with van der Waals surface area (Å²) in [5.41, 5.74) is 3.82. The second-order valence-corrected chi connectivity index (χ2v) is 11.0. The van der Waals surface area contributed by atoms with Crippen LogP contribution in [-0.2, 0) is 6.42 Å². The molecule has 0 bridgehead atoms. The molecule has 0 saturated heterocycles. The fourth-order valence-corrected chi connectivity index (χ4v) is 6.24. The smallest absolute Gasteiger partial charge is 0.0162 e. The van der Waals surface area contributed by atoms with E-state index in [4.69, 9.17) is 0 Å². The third kappa shape index (κ3) is 7.15. The van der Waals surface area contributed by atoms with Crippen molar-refractivity contribution >= 4 is 0 Å². The van der Waals surface area contributed by atoms with E-state index in [2.05, 4.69) is 45.0 Å². The molecule has 0 nitrogen and oxygen atoms in total. The van der Waals surface area contributed by atoms with E-state index in [-0.39, 0.29) is 0 Å². The van der Waals surface area contributed by atoms with Crippen LogP contribution >= 0.6 is 0 Å². The Hall–Kier alpha value is -0.780. The van der Waals surface area contributed by atoms with Crippen molar-refractivity contribution < 1.29 is 0 Å². The van der Waals surface area contributed by atoms with Gasteiger partial charge in [-0.3, -0.25) is 0 Å². The van der Waals surface area contributed by atoms with Crippen molar-refractivity contribution in [1.29, 1.82) is 0 Å². The lowest BCUT2D eigenvalue weighted by atomic mass is 9.68. The van der Waals surface area contributed by atoms with Gasteiger partial charge in [0.25, 0.3) is 0 Å². The van der Waals surface area contributed by atoms with Gasteiger partial charge >= 0.3 is 0 Å². The quantitative estimate of drug-likeness (QED) is 0.345. The van der Waals surface area contributed by atoms with Crippen molar-refractivity contribution in [2.75, 3.05) is 0 Å². The minimum Gasteiger partial charge on any atom is -0.0654 e. The van der Waals surface area contributed by atoms with Gasteiger partial charge in [-0.25, -0.2) is 0 Å². The molecule has 29 heavy (non-hydrogen) atoms. The van der Waals surface area contributed by atoms with Crippen molar-refractivity contribution in [2.24, 2.45) is 17.3 Å². The summed E-state index contributed by atoms with van der Waals surface area (Å²) in [7, 11) is 0. The summed E-state index contributed by atoms with van der Waals surface area (Å²) < 4.78 is 0. The van der Waals surface area contributed by atoms with E-state index in [1.807, 2.05) is 0 Å². The lowest BCUT2D eigenvalue weighted by Crippen LogP contribution is -2.23. The number of unbranched alkanes of at least 4 members (excludes halogenated alkanes) is 2. The summed E-state index contributed by atoms with van der Waals surface area (Å²) in [6, 6.07) is 9.84. The molecule has 0 aliphatic heterocycles. The summed E-state index contributed by atoms with van der Waals surface area (Å²) in [4.78, 5) is 0. The molecule has 2 aliphatic rings. The topological polar surface area (TPSA) is 0 Å². The van der Waals surface area contributed by atoms with Crippen molar-refractivity contribution in [3.8, 4) is 0 Å². The number of aryl methyl sites for hydroxylation is 1. The second kappa shape index (κ2) is 11.6. The fourth-order valence-electron chi connectivity index (χ4n) is 6.24. The summed E-state index contributed by atoms with van der Waals surface area (Å²) >= 11 is 0. The summed E-state index contributed by atoms with van der Waals surface area (Å²) in [6.07, 6.45) is 22.9. The molecule has 0 spiro atoms. The van der Waals surface area contributed by atoms with Gasteiger partial charge < -0.3 is 0 Å². The van der Waals surface area contributed by atoms with E-state index in [0.717, 1.165) is 17.8 Å². The lowest BCUT2D eigenvalue weighted by Gasteiger charge is -2.38. The molecule has 0 heteroatoms. The molecule has 0 radical (unpaired) electrons. The van der Waals surface area contributed by atoms with Crippen LogP contribution in [0.4, 0.5) is 0 Å². The minimum atomic E-state index is 0.627. The highest BCUT2D eigenvalue weighted by atomic mass is 14.4. The van der Waals surface area contributed by atoms with Gasteiger partial charge in [0.1, 0.15) is 0 Å². The van der Waals surface area contributed by atoms with Crippen LogP contribution in [0.15, 0.2) is 24.3 Å². The van der Waals surface area contributed by atoms with Crippen LogP contribution < -0.4 is 0 Å². The molecule has 0 aromatic heterocycles. The Morgan fingerprint density at radius 1 is 0.759 bits per heavy atom. The molecular formula is C29H48. The fraction of sp³-hybridized carbons (Fsp3) is 0.793. The molecule has 1 aromatic carbocycles. The van der Waals surface area contributed by atoms with Gasteiger partial charge in [0.15, 0.2) is 0 Å². The molecule has 2 aliphatic carbocycles. The van der Waals surface area contributed by atoms with Gasteiger partial charge in [-0.05, 0) is 79.2 Å². The van der Waals surface area contributed by atoms with Crippen LogP contribution in [0.5, 0.6) is 0 Å². The normalized spacial score (nSPS) is 30.4. The van der Waals surface area contributed by atoms with Gasteiger partial charge in [0, 0.05) is 0 Å². The van der Waals surface area contributed by atoms with Crippen LogP contribution in [0.1, 0.15) is 134 Å². The maximum Gasteiger partial charge on any atom is -0.0162 e. The Labute approximate surface area is 182 Å². The van der Waals surface area contributed by atoms with Crippen molar-refractivity contribution in [2.45, 2.75) is 129 Å². The average Bonchev–Trinajstić information content (AvgIpc) is 2.75. The maximum absolute atomic E-state index is 2.55. The predicted octanol–water partition coefficient (Wildman–Crippen LogP) is 9.47. The molecule has 3 rings (SSSR count). The summed E-state index contributed by atoms with van der Waals surface area (Å²) in [5, 5.41) is 0. The van der Waals surface area contributed by atoms with Crippen molar-refractivity contribution in [3.63, 3.8) is 0 Å². The zero-order chi connectivity index (χ0) is 20.5. The molecule has 0 heterocycles. The summed E-state index contributed by atoms with van der Waals surface area (Å²) in [5.74, 6) is 2.85. The zero-order valence-corrected chi connectivity index (χ0v) is 19.9. The molecule has 0 amide bonds. The number of benzene rings is 1. The van der Waals surface area contributed by atoms with E-state index in [0.29, 0.717) is 5.41 Å². The predicted molar refractivity (Wildman–Crippen MR) is 129 cm³/mol. The molecule has 0 atom stereocenters. The first-order valence-corrected chi connectivity index (χ1v) is 13.2. The van der Waals surface area contributed by atoms with Crippen molar-refractivity contribution in [3.05, 3.63) is 35.4 Å². The number of rotatable bonds is 10. The Balaban J connectivity index is 1.39. The Bertz CT molecular complexity index is 552. The van der Waals surface area contributed by atoms with E-state index in [1.165, 1.54) is 103 Å². The SMILES string of the molecule is CCCCCC1(C)CCC(c2ccc(CC[C@H]3CC[C@H](CCC)CC3)cc2)CC1. The molecule has 0 unspecified atom stereocenters. The molecule has 164 valence electrons. The van der Waals surface area contributed by atoms with Gasteiger partial charge in [0.05, 0.1) is 0 Å². The Morgan fingerprint density at radius 3 is 1.97 bits per heavy atom. The highest BCUT2D eigenvalue weighted by molar-refractivity contribution is 5.26. The molecule has 2 fully saturated rings. The van der Waals surface area contributed by atoms with Crippen LogP contribution in [0.2, 0.25) is 0 Å². The second-order valence-electron chi connectivity index (χ2n) is 11.0. The first-order valence-electron chi connectivity index (χ1n) is 13.2. The third-order valence-corrected chi connectivity index (χ3v) is 8.53. The maximum atomic E-state index is 2.55. The highest BCUT2D eigenvalue weighted by Gasteiger charge is 2.31. The van der Waals surface area contributed by atoms with Crippen LogP contribution in [0.25, 0.3) is 0 Å². The van der Waals surface area contributed by atoms with Gasteiger partial charge in [-0.2, -0.15) is 0 Å². The minimum absolute atomic E-state index is 0.627. The Kier molecular flexibility index (Phi) is 9.13. The first kappa shape index (κ1) is 22.9. The van der Waals surface area contributed by atoms with Crippen LogP contribution in [0.3, 0.4) is 0 Å². The standard InChI is InChI=1S/C29H48/c1-4-6-7-21-29(3)22-19-28(20-23-29)27-17-15-26(16-18-27)14-13-25-11-9-24(8-5-2)10-12-25/h15-18,24-25,28H,4-14,19-23H2,1-3H3/t24-,25-,28?,29?. The highest BCUT2D eigenvalue weighted by Crippen LogP contribution is 2.45. The van der Waals surface area contributed by atoms with Crippen LogP contribution in [0, 0.1) is 17.3 Å². The molecule has 1 aromatic rings. The van der Waals surface area contributed by atoms with E-state index in [9.17, 15) is 0 Å². The van der Waals surface area contributed by atoms with Crippen molar-refractivity contribution in [1.82, 2.24) is 0 Å². The number of hydrogen-bond acceptors (Lipinski definition) is 0. The molecule has 0 N–H and O–H groups in total. The van der Waals surface area contributed by atoms with Gasteiger partial charge in [-0.15, -0.1) is 0 Å². The molecule has 2 saturated carbocycles. The van der Waals surface area contributed by atoms with E-state index in [1.54, 1.807) is 11.1 Å². The van der Waals surface area contributed by atoms with Gasteiger partial charge in [-0.1, -0.05) is 103 Å². The third-order valence-electron chi connectivity index (χ3n) is 8.53. The zero-order valence-electron chi connectivity index (χ0n) is 19.9. The van der Waals surface area contributed by atoms with E-state index < -0.39 is 0 Å². The number of hydrogen-bond donors (Lipinski definition) is 0. The molecular weight excluding hydrogens is 348 g/mol. The largest absolute Gasteiger partial charge is 0.0654 e. The van der Waals surface area contributed by atoms with Crippen LogP contribution in [-0.4, -0.2) is 0 Å². The summed E-state index contributed by atoms with van der Waals surface area (Å²) in [6.45, 7) is 7.22. The van der Waals surface area contributed by atoms with E-state index >= 15 is 0 Å². The monoisotopic (exact) mass is 396 g/mol. The Morgan fingerprint density at radius 2 is 1.38 bits per heavy atom. The van der Waals surface area contributed by atoms with Gasteiger partial charge in [0.2, 0.25) is 0 Å². The average molecular weight is 397 g/mol. The lowest BCUT2D eigenvalue weighted by molar-refractivity contribution is 0.178. The first-order chi connectivity index (χ1) is 14.1.